The van der Waals surface area contributed by atoms with E-state index in [1.54, 1.807) is 6.20 Å². The van der Waals surface area contributed by atoms with Crippen LogP contribution in [0.15, 0.2) is 6.20 Å². The van der Waals surface area contributed by atoms with Crippen LogP contribution in [0.4, 0.5) is 0 Å². The summed E-state index contributed by atoms with van der Waals surface area (Å²) in [5.74, 6) is 0.202. The molecule has 2 fully saturated rings. The number of hydrogen-bond acceptors (Lipinski definition) is 4. The Morgan fingerprint density at radius 3 is 2.91 bits per heavy atom. The fourth-order valence-corrected chi connectivity index (χ4v) is 3.46. The fraction of sp³-hybridized carbons (Fsp3) is 0.733. The average molecular weight is 305 g/mol. The number of H-pyrrole nitrogens is 1. The predicted molar refractivity (Wildman–Crippen MR) is 79.8 cm³/mol. The molecule has 0 unspecified atom stereocenters. The lowest BCUT2D eigenvalue weighted by atomic mass is 9.95. The van der Waals surface area contributed by atoms with Crippen LogP contribution in [-0.2, 0) is 16.0 Å². The first kappa shape index (κ1) is 15.0. The lowest BCUT2D eigenvalue weighted by Crippen LogP contribution is -2.49. The Balaban J connectivity index is 1.48. The van der Waals surface area contributed by atoms with Crippen LogP contribution < -0.4 is 5.32 Å². The smallest absolute Gasteiger partial charge is 0.224 e. The zero-order chi connectivity index (χ0) is 15.4. The normalized spacial score (nSPS) is 23.0. The number of carbonyl (C=O) groups is 2. The Morgan fingerprint density at radius 1 is 1.36 bits per heavy atom. The molecule has 1 aromatic heterocycles. The third-order valence-corrected chi connectivity index (χ3v) is 4.73. The van der Waals surface area contributed by atoms with Crippen molar-refractivity contribution in [3.8, 4) is 0 Å². The van der Waals surface area contributed by atoms with E-state index in [0.29, 0.717) is 38.4 Å². The summed E-state index contributed by atoms with van der Waals surface area (Å²) >= 11 is 0. The number of rotatable bonds is 5. The van der Waals surface area contributed by atoms with Crippen molar-refractivity contribution in [3.63, 3.8) is 0 Å². The molecule has 0 spiro atoms. The van der Waals surface area contributed by atoms with E-state index in [-0.39, 0.29) is 17.7 Å². The van der Waals surface area contributed by atoms with Crippen molar-refractivity contribution in [2.45, 2.75) is 51.0 Å². The van der Waals surface area contributed by atoms with Crippen LogP contribution >= 0.6 is 0 Å². The van der Waals surface area contributed by atoms with E-state index in [1.807, 2.05) is 4.90 Å². The first-order valence-electron chi connectivity index (χ1n) is 8.16. The maximum atomic E-state index is 12.3. The number of amides is 2. The third kappa shape index (κ3) is 3.45. The van der Waals surface area contributed by atoms with Crippen LogP contribution in [0.3, 0.4) is 0 Å². The average Bonchev–Trinajstić information content (AvgIpc) is 3.21. The van der Waals surface area contributed by atoms with Gasteiger partial charge >= 0.3 is 0 Å². The first-order chi connectivity index (χ1) is 10.7. The summed E-state index contributed by atoms with van der Waals surface area (Å²) in [6.07, 6.45) is 8.06. The van der Waals surface area contributed by atoms with Gasteiger partial charge in [0.15, 0.2) is 0 Å². The third-order valence-electron chi connectivity index (χ3n) is 4.73. The zero-order valence-electron chi connectivity index (χ0n) is 12.8. The van der Waals surface area contributed by atoms with Gasteiger partial charge in [-0.3, -0.25) is 9.59 Å². The van der Waals surface area contributed by atoms with Gasteiger partial charge in [0.25, 0.3) is 0 Å². The molecule has 7 heteroatoms. The molecular formula is C15H23N5O2. The first-order valence-corrected chi connectivity index (χ1v) is 8.16. The molecule has 2 amide bonds. The van der Waals surface area contributed by atoms with Gasteiger partial charge < -0.3 is 10.2 Å². The molecule has 3 rings (SSSR count). The molecule has 2 heterocycles. The van der Waals surface area contributed by atoms with Crippen molar-refractivity contribution in [3.05, 3.63) is 11.9 Å². The molecule has 22 heavy (non-hydrogen) atoms. The molecule has 0 aromatic carbocycles. The highest BCUT2D eigenvalue weighted by molar-refractivity contribution is 5.84. The standard InChI is InChI=1S/C15H23N5O2/c21-14-6-5-11(10-20(14)13-3-1-2-4-13)15(22)16-8-7-12-9-17-19-18-12/h9,11,13H,1-8,10H2,(H,16,22)(H,17,18,19)/t11-/m0/s1. The summed E-state index contributed by atoms with van der Waals surface area (Å²) in [5.41, 5.74) is 0.840. The number of aromatic amines is 1. The second-order valence-electron chi connectivity index (χ2n) is 6.22. The van der Waals surface area contributed by atoms with Crippen molar-refractivity contribution in [1.29, 1.82) is 0 Å². The van der Waals surface area contributed by atoms with Crippen molar-refractivity contribution >= 4 is 11.8 Å². The van der Waals surface area contributed by atoms with Crippen LogP contribution in [0, 0.1) is 5.92 Å². The minimum atomic E-state index is -0.0735. The van der Waals surface area contributed by atoms with Gasteiger partial charge in [-0.2, -0.15) is 15.4 Å². The van der Waals surface area contributed by atoms with Gasteiger partial charge in [0.1, 0.15) is 0 Å². The fourth-order valence-electron chi connectivity index (χ4n) is 3.46. The number of nitrogens with one attached hydrogen (secondary N) is 2. The van der Waals surface area contributed by atoms with Crippen molar-refractivity contribution in [2.75, 3.05) is 13.1 Å². The van der Waals surface area contributed by atoms with E-state index in [2.05, 4.69) is 20.7 Å². The SMILES string of the molecule is O=C(NCCc1cn[nH]n1)[C@H]1CCC(=O)N(C2CCCC2)C1. The Labute approximate surface area is 129 Å². The number of carbonyl (C=O) groups excluding carboxylic acids is 2. The van der Waals surface area contributed by atoms with Crippen LogP contribution in [0.1, 0.15) is 44.2 Å². The topological polar surface area (TPSA) is 91.0 Å². The lowest BCUT2D eigenvalue weighted by molar-refractivity contribution is -0.140. The molecule has 1 aliphatic carbocycles. The van der Waals surface area contributed by atoms with E-state index in [9.17, 15) is 9.59 Å². The molecule has 120 valence electrons. The number of piperidine rings is 1. The number of hydrogen-bond donors (Lipinski definition) is 2. The Bertz CT molecular complexity index is 510. The number of nitrogens with zero attached hydrogens (tertiary/aromatic N) is 3. The van der Waals surface area contributed by atoms with Crippen LogP contribution in [-0.4, -0.2) is 51.3 Å². The van der Waals surface area contributed by atoms with Gasteiger partial charge in [0.05, 0.1) is 17.8 Å². The molecule has 1 saturated heterocycles. The number of aromatic nitrogens is 3. The molecular weight excluding hydrogens is 282 g/mol. The van der Waals surface area contributed by atoms with Gasteiger partial charge in [-0.15, -0.1) is 0 Å². The van der Waals surface area contributed by atoms with Gasteiger partial charge in [-0.1, -0.05) is 12.8 Å². The van der Waals surface area contributed by atoms with E-state index < -0.39 is 0 Å². The summed E-state index contributed by atoms with van der Waals surface area (Å²) in [4.78, 5) is 26.4. The van der Waals surface area contributed by atoms with Crippen LogP contribution in [0.5, 0.6) is 0 Å². The largest absolute Gasteiger partial charge is 0.355 e. The van der Waals surface area contributed by atoms with E-state index >= 15 is 0 Å². The number of likely N-dealkylation sites (tertiary alicyclic amines) is 1. The quantitative estimate of drug-likeness (QED) is 0.835. The summed E-state index contributed by atoms with van der Waals surface area (Å²) in [6.45, 7) is 1.14. The van der Waals surface area contributed by atoms with Crippen molar-refractivity contribution < 1.29 is 9.59 Å². The molecule has 0 radical (unpaired) electrons. The maximum absolute atomic E-state index is 12.3. The summed E-state index contributed by atoms with van der Waals surface area (Å²) in [5, 5.41) is 13.2. The lowest BCUT2D eigenvalue weighted by Gasteiger charge is -2.36. The van der Waals surface area contributed by atoms with Crippen LogP contribution in [0.25, 0.3) is 0 Å². The van der Waals surface area contributed by atoms with Crippen molar-refractivity contribution in [1.82, 2.24) is 25.6 Å². The van der Waals surface area contributed by atoms with Gasteiger partial charge in [0, 0.05) is 32.0 Å². The molecule has 7 nitrogen and oxygen atoms in total. The Hall–Kier alpha value is -1.92. The second-order valence-corrected chi connectivity index (χ2v) is 6.22. The Kier molecular flexibility index (Phi) is 4.70. The molecule has 1 aliphatic heterocycles. The molecule has 1 saturated carbocycles. The van der Waals surface area contributed by atoms with Crippen molar-refractivity contribution in [2.24, 2.45) is 5.92 Å². The molecule has 1 atom stereocenters. The van der Waals surface area contributed by atoms with E-state index in [1.165, 1.54) is 12.8 Å². The van der Waals surface area contributed by atoms with Gasteiger partial charge in [0.2, 0.25) is 11.8 Å². The van der Waals surface area contributed by atoms with E-state index in [4.69, 9.17) is 0 Å². The summed E-state index contributed by atoms with van der Waals surface area (Å²) < 4.78 is 0. The molecule has 2 N–H and O–H groups in total. The highest BCUT2D eigenvalue weighted by Crippen LogP contribution is 2.28. The monoisotopic (exact) mass is 305 g/mol. The summed E-state index contributed by atoms with van der Waals surface area (Å²) in [7, 11) is 0. The molecule has 2 aliphatic rings. The Morgan fingerprint density at radius 2 is 2.18 bits per heavy atom. The van der Waals surface area contributed by atoms with Gasteiger partial charge in [-0.05, 0) is 19.3 Å². The zero-order valence-corrected chi connectivity index (χ0v) is 12.8. The molecule has 0 bridgehead atoms. The predicted octanol–water partition coefficient (Wildman–Crippen LogP) is 0.645. The minimum Gasteiger partial charge on any atom is -0.355 e. The highest BCUT2D eigenvalue weighted by Gasteiger charge is 2.34. The van der Waals surface area contributed by atoms with E-state index in [0.717, 1.165) is 18.5 Å². The minimum absolute atomic E-state index is 0.0546. The molecule has 1 aromatic rings. The maximum Gasteiger partial charge on any atom is 0.224 e. The van der Waals surface area contributed by atoms with Gasteiger partial charge in [-0.25, -0.2) is 0 Å². The van der Waals surface area contributed by atoms with Crippen LogP contribution in [0.2, 0.25) is 0 Å². The summed E-state index contributed by atoms with van der Waals surface area (Å²) in [6, 6.07) is 0.359. The highest BCUT2D eigenvalue weighted by atomic mass is 16.2. The second kappa shape index (κ2) is 6.89.